The van der Waals surface area contributed by atoms with Crippen molar-refractivity contribution in [3.63, 3.8) is 0 Å². The minimum atomic E-state index is -0.602. The molecule has 0 saturated carbocycles. The summed E-state index contributed by atoms with van der Waals surface area (Å²) in [4.78, 5) is 22.8. The van der Waals surface area contributed by atoms with E-state index in [2.05, 4.69) is 5.10 Å². The van der Waals surface area contributed by atoms with Crippen molar-refractivity contribution in [1.82, 2.24) is 14.3 Å². The number of aromatic nitrogens is 3. The maximum atomic E-state index is 14.1. The molecule has 2 aromatic carbocycles. The first kappa shape index (κ1) is 19.1. The molecule has 0 amide bonds. The molecule has 0 spiro atoms. The molecule has 0 atom stereocenters. The van der Waals surface area contributed by atoms with Gasteiger partial charge in [0.2, 0.25) is 0 Å². The second kappa shape index (κ2) is 7.31. The summed E-state index contributed by atoms with van der Waals surface area (Å²) in [5, 5.41) is 15.3. The lowest BCUT2D eigenvalue weighted by molar-refractivity contribution is -0.384. The van der Waals surface area contributed by atoms with Gasteiger partial charge in [-0.05, 0) is 12.1 Å². The maximum absolute atomic E-state index is 14.1. The minimum Gasteiger partial charge on any atom is -0.301 e. The van der Waals surface area contributed by atoms with Gasteiger partial charge < -0.3 is 4.57 Å². The molecule has 4 rings (SSSR count). The molecule has 0 aliphatic carbocycles. The molecule has 2 aromatic heterocycles. The smallest absolute Gasteiger partial charge is 0.272 e. The van der Waals surface area contributed by atoms with Gasteiger partial charge in [-0.25, -0.2) is 9.07 Å². The largest absolute Gasteiger partial charge is 0.301 e. The average molecular weight is 433 g/mol. The van der Waals surface area contributed by atoms with E-state index in [4.69, 9.17) is 23.2 Å². The molecule has 7 nitrogen and oxygen atoms in total. The number of pyridine rings is 1. The normalized spacial score (nSPS) is 11.1. The molecule has 0 aliphatic rings. The number of halogens is 3. The van der Waals surface area contributed by atoms with Crippen LogP contribution in [0, 0.1) is 15.9 Å². The van der Waals surface area contributed by atoms with Gasteiger partial charge in [-0.15, -0.1) is 0 Å². The fourth-order valence-electron chi connectivity index (χ4n) is 3.07. The molecule has 10 heteroatoms. The molecule has 0 saturated heterocycles. The van der Waals surface area contributed by atoms with Gasteiger partial charge in [-0.2, -0.15) is 5.10 Å². The van der Waals surface area contributed by atoms with E-state index in [1.165, 1.54) is 45.8 Å². The minimum absolute atomic E-state index is 0.0102. The van der Waals surface area contributed by atoms with Crippen molar-refractivity contribution in [2.24, 2.45) is 0 Å². The summed E-state index contributed by atoms with van der Waals surface area (Å²) in [6.45, 7) is 0.0102. The quantitative estimate of drug-likeness (QED) is 0.348. The monoisotopic (exact) mass is 432 g/mol. The molecule has 0 unspecified atom stereocenters. The Morgan fingerprint density at radius 2 is 1.76 bits per heavy atom. The van der Waals surface area contributed by atoms with E-state index >= 15 is 0 Å². The number of hydrogen-bond acceptors (Lipinski definition) is 4. The molecule has 0 fully saturated rings. The van der Waals surface area contributed by atoms with Gasteiger partial charge in [0.15, 0.2) is 0 Å². The number of rotatable bonds is 4. The Kier molecular flexibility index (Phi) is 4.81. The molecule has 0 aliphatic heterocycles. The zero-order chi connectivity index (χ0) is 20.7. The van der Waals surface area contributed by atoms with E-state index in [0.717, 1.165) is 0 Å². The molecule has 0 radical (unpaired) electrons. The Hall–Kier alpha value is -3.23. The predicted molar refractivity (Wildman–Crippen MR) is 108 cm³/mol. The van der Waals surface area contributed by atoms with Crippen LogP contribution in [0.1, 0.15) is 5.56 Å². The van der Waals surface area contributed by atoms with E-state index in [1.54, 1.807) is 18.2 Å². The standard InChI is InChI=1S/C19H11Cl2FN4O3/c20-13-7-12(26(28)29)8-14(21)19(13)25-16-5-6-18(27)24(17(16)9-23-25)10-11-3-1-2-4-15(11)22/h1-9H,10H2. The fourth-order valence-corrected chi connectivity index (χ4v) is 3.71. The van der Waals surface area contributed by atoms with E-state index in [-0.39, 0.29) is 33.5 Å². The topological polar surface area (TPSA) is 83.0 Å². The summed E-state index contributed by atoms with van der Waals surface area (Å²) in [6.07, 6.45) is 1.44. The predicted octanol–water partition coefficient (Wildman–Crippen LogP) is 4.59. The van der Waals surface area contributed by atoms with Crippen LogP contribution in [-0.2, 0) is 6.54 Å². The maximum Gasteiger partial charge on any atom is 0.272 e. The average Bonchev–Trinajstić information content (AvgIpc) is 3.09. The summed E-state index contributed by atoms with van der Waals surface area (Å²) in [7, 11) is 0. The van der Waals surface area contributed by atoms with Gasteiger partial charge in [0.1, 0.15) is 11.5 Å². The van der Waals surface area contributed by atoms with Crippen molar-refractivity contribution < 1.29 is 9.31 Å². The number of hydrogen-bond donors (Lipinski definition) is 0. The van der Waals surface area contributed by atoms with Crippen molar-refractivity contribution in [3.05, 3.63) is 96.6 Å². The van der Waals surface area contributed by atoms with Crippen LogP contribution in [0.3, 0.4) is 0 Å². The molecule has 29 heavy (non-hydrogen) atoms. The van der Waals surface area contributed by atoms with Crippen LogP contribution in [0.25, 0.3) is 16.7 Å². The van der Waals surface area contributed by atoms with Crippen LogP contribution in [0.15, 0.2) is 59.5 Å². The van der Waals surface area contributed by atoms with Crippen LogP contribution >= 0.6 is 23.2 Å². The van der Waals surface area contributed by atoms with Crippen LogP contribution < -0.4 is 5.56 Å². The SMILES string of the molecule is O=c1ccc2c(cnn2-c2c(Cl)cc([N+](=O)[O-])cc2Cl)n1Cc1ccccc1F. The second-order valence-corrected chi connectivity index (χ2v) is 7.01. The Morgan fingerprint density at radius 3 is 2.41 bits per heavy atom. The van der Waals surface area contributed by atoms with Gasteiger partial charge >= 0.3 is 0 Å². The lowest BCUT2D eigenvalue weighted by Gasteiger charge is -2.11. The molecule has 0 bridgehead atoms. The lowest BCUT2D eigenvalue weighted by Crippen LogP contribution is -2.20. The first-order chi connectivity index (χ1) is 13.9. The number of nitro benzene ring substituents is 1. The van der Waals surface area contributed by atoms with E-state index in [9.17, 15) is 19.3 Å². The Morgan fingerprint density at radius 1 is 1.07 bits per heavy atom. The fraction of sp³-hybridized carbons (Fsp3) is 0.0526. The van der Waals surface area contributed by atoms with Crippen molar-refractivity contribution in [2.45, 2.75) is 6.54 Å². The third kappa shape index (κ3) is 3.37. The third-order valence-electron chi connectivity index (χ3n) is 4.44. The summed E-state index contributed by atoms with van der Waals surface area (Å²) >= 11 is 12.4. The lowest BCUT2D eigenvalue weighted by atomic mass is 10.2. The summed E-state index contributed by atoms with van der Waals surface area (Å²) in [6, 6.07) is 11.4. The van der Waals surface area contributed by atoms with Gasteiger partial charge in [0, 0.05) is 23.8 Å². The van der Waals surface area contributed by atoms with Crippen molar-refractivity contribution >= 4 is 39.9 Å². The van der Waals surface area contributed by atoms with Crippen LogP contribution in [0.2, 0.25) is 10.0 Å². The molecule has 4 aromatic rings. The van der Waals surface area contributed by atoms with Gasteiger partial charge in [-0.3, -0.25) is 14.9 Å². The molecule has 2 heterocycles. The first-order valence-corrected chi connectivity index (χ1v) is 9.07. The summed E-state index contributed by atoms with van der Waals surface area (Å²) in [5.74, 6) is -0.426. The molecular weight excluding hydrogens is 422 g/mol. The van der Waals surface area contributed by atoms with E-state index in [1.807, 2.05) is 0 Å². The van der Waals surface area contributed by atoms with Crippen molar-refractivity contribution in [2.75, 3.05) is 0 Å². The third-order valence-corrected chi connectivity index (χ3v) is 5.01. The number of fused-ring (bicyclic) bond motifs is 1. The highest BCUT2D eigenvalue weighted by Crippen LogP contribution is 2.34. The second-order valence-electron chi connectivity index (χ2n) is 6.19. The van der Waals surface area contributed by atoms with Gasteiger partial charge in [0.05, 0.1) is 38.7 Å². The number of benzene rings is 2. The summed E-state index contributed by atoms with van der Waals surface area (Å²) < 4.78 is 16.8. The van der Waals surface area contributed by atoms with E-state index < -0.39 is 10.7 Å². The van der Waals surface area contributed by atoms with Crippen LogP contribution in [0.4, 0.5) is 10.1 Å². The van der Waals surface area contributed by atoms with E-state index in [0.29, 0.717) is 16.6 Å². The number of nitrogens with zero attached hydrogens (tertiary/aromatic N) is 4. The molecule has 146 valence electrons. The van der Waals surface area contributed by atoms with Crippen LogP contribution in [-0.4, -0.2) is 19.3 Å². The molecule has 0 N–H and O–H groups in total. The zero-order valence-electron chi connectivity index (χ0n) is 14.6. The Labute approximate surface area is 172 Å². The van der Waals surface area contributed by atoms with Gasteiger partial charge in [-0.1, -0.05) is 41.4 Å². The Balaban J connectivity index is 1.89. The van der Waals surface area contributed by atoms with Crippen molar-refractivity contribution in [3.8, 4) is 5.69 Å². The summed E-state index contributed by atoms with van der Waals surface area (Å²) in [5.41, 5.74) is 0.925. The number of nitro groups is 1. The van der Waals surface area contributed by atoms with Crippen LogP contribution in [0.5, 0.6) is 0 Å². The highest BCUT2D eigenvalue weighted by atomic mass is 35.5. The first-order valence-electron chi connectivity index (χ1n) is 8.31. The highest BCUT2D eigenvalue weighted by molar-refractivity contribution is 6.38. The van der Waals surface area contributed by atoms with Gasteiger partial charge in [0.25, 0.3) is 11.2 Å². The zero-order valence-corrected chi connectivity index (χ0v) is 16.1. The van der Waals surface area contributed by atoms with Crippen molar-refractivity contribution in [1.29, 1.82) is 0 Å². The number of non-ortho nitro benzene ring substituents is 1. The Bertz CT molecular complexity index is 1310. The highest BCUT2D eigenvalue weighted by Gasteiger charge is 2.19. The molecular formula is C19H11Cl2FN4O3.